The summed E-state index contributed by atoms with van der Waals surface area (Å²) in [5, 5.41) is 17.1. The van der Waals surface area contributed by atoms with Gasteiger partial charge in [-0.05, 0) is 45.4 Å². The lowest BCUT2D eigenvalue weighted by molar-refractivity contribution is -0.134. The van der Waals surface area contributed by atoms with E-state index in [9.17, 15) is 5.11 Å². The molecule has 0 aromatic heterocycles. The highest BCUT2D eigenvalue weighted by atomic mass is 16.4. The Balaban J connectivity index is 0.000000423. The van der Waals surface area contributed by atoms with Crippen LogP contribution in [-0.4, -0.2) is 21.8 Å². The Hall–Kier alpha value is -0.830. The first-order valence-electron chi connectivity index (χ1n) is 5.32. The van der Waals surface area contributed by atoms with Crippen LogP contribution in [0.5, 0.6) is 0 Å². The van der Waals surface area contributed by atoms with Gasteiger partial charge in [0.1, 0.15) is 0 Å². The molecule has 0 aromatic carbocycles. The second kappa shape index (κ2) is 5.91. The third-order valence-corrected chi connectivity index (χ3v) is 2.76. The number of carboxylic acids is 1. The molecule has 15 heavy (non-hydrogen) atoms. The van der Waals surface area contributed by atoms with E-state index in [2.05, 4.69) is 13.5 Å². The van der Waals surface area contributed by atoms with Crippen molar-refractivity contribution < 1.29 is 15.0 Å². The summed E-state index contributed by atoms with van der Waals surface area (Å²) in [6.45, 7) is 9.05. The van der Waals surface area contributed by atoms with Crippen molar-refractivity contribution in [1.29, 1.82) is 0 Å². The highest BCUT2D eigenvalue weighted by Crippen LogP contribution is 2.34. The van der Waals surface area contributed by atoms with E-state index in [0.29, 0.717) is 5.92 Å². The van der Waals surface area contributed by atoms with Crippen LogP contribution in [0.15, 0.2) is 12.2 Å². The number of aliphatic carboxylic acids is 1. The fraction of sp³-hybridized carbons (Fsp3) is 0.750. The summed E-state index contributed by atoms with van der Waals surface area (Å²) >= 11 is 0. The van der Waals surface area contributed by atoms with Crippen molar-refractivity contribution in [2.24, 2.45) is 5.92 Å². The zero-order valence-corrected chi connectivity index (χ0v) is 9.92. The lowest BCUT2D eigenvalue weighted by Gasteiger charge is -2.33. The third-order valence-electron chi connectivity index (χ3n) is 2.76. The van der Waals surface area contributed by atoms with E-state index in [1.165, 1.54) is 5.57 Å². The van der Waals surface area contributed by atoms with Crippen molar-refractivity contribution in [2.75, 3.05) is 0 Å². The molecule has 0 bridgehead atoms. The Bertz CT molecular complexity index is 217. The van der Waals surface area contributed by atoms with Crippen LogP contribution >= 0.6 is 0 Å². The Kier molecular flexibility index (Phi) is 5.58. The number of carboxylic acid groups (broad SMARTS) is 1. The average molecular weight is 214 g/mol. The van der Waals surface area contributed by atoms with Gasteiger partial charge in [0.15, 0.2) is 0 Å². The summed E-state index contributed by atoms with van der Waals surface area (Å²) in [7, 11) is 0. The van der Waals surface area contributed by atoms with Crippen LogP contribution in [0.25, 0.3) is 0 Å². The van der Waals surface area contributed by atoms with Gasteiger partial charge in [-0.3, -0.25) is 4.79 Å². The van der Waals surface area contributed by atoms with Crippen LogP contribution in [0, 0.1) is 5.92 Å². The lowest BCUT2D eigenvalue weighted by atomic mass is 9.77. The predicted molar refractivity (Wildman–Crippen MR) is 60.7 cm³/mol. The minimum absolute atomic E-state index is 0.397. The number of carbonyl (C=O) groups is 1. The lowest BCUT2D eigenvalue weighted by Crippen LogP contribution is -2.30. The number of allylic oxidation sites excluding steroid dienone is 1. The fourth-order valence-corrected chi connectivity index (χ4v) is 1.73. The van der Waals surface area contributed by atoms with Crippen LogP contribution in [0.3, 0.4) is 0 Å². The summed E-state index contributed by atoms with van der Waals surface area (Å²) in [6, 6.07) is 0. The van der Waals surface area contributed by atoms with Gasteiger partial charge in [-0.1, -0.05) is 12.2 Å². The van der Waals surface area contributed by atoms with Gasteiger partial charge in [0.05, 0.1) is 5.60 Å². The summed E-state index contributed by atoms with van der Waals surface area (Å²) in [5.41, 5.74) is 0.881. The molecule has 0 heterocycles. The molecule has 1 fully saturated rings. The van der Waals surface area contributed by atoms with E-state index in [0.717, 1.165) is 32.6 Å². The third kappa shape index (κ3) is 7.14. The van der Waals surface area contributed by atoms with Gasteiger partial charge < -0.3 is 10.2 Å². The largest absolute Gasteiger partial charge is 0.481 e. The van der Waals surface area contributed by atoms with Crippen LogP contribution in [-0.2, 0) is 4.79 Å². The number of hydrogen-bond acceptors (Lipinski definition) is 2. The Morgan fingerprint density at radius 2 is 1.67 bits per heavy atom. The topological polar surface area (TPSA) is 57.5 Å². The molecule has 0 aromatic rings. The first kappa shape index (κ1) is 14.2. The molecule has 0 unspecified atom stereocenters. The average Bonchev–Trinajstić information content (AvgIpc) is 2.01. The van der Waals surface area contributed by atoms with Crippen molar-refractivity contribution >= 4 is 5.97 Å². The minimum Gasteiger partial charge on any atom is -0.481 e. The van der Waals surface area contributed by atoms with E-state index in [1.54, 1.807) is 0 Å². The monoisotopic (exact) mass is 214 g/mol. The van der Waals surface area contributed by atoms with Crippen molar-refractivity contribution in [3.8, 4) is 0 Å². The molecule has 0 saturated heterocycles. The van der Waals surface area contributed by atoms with E-state index < -0.39 is 11.6 Å². The molecule has 1 rings (SSSR count). The molecule has 3 nitrogen and oxygen atoms in total. The predicted octanol–water partition coefficient (Wildman–Crippen LogP) is 2.59. The van der Waals surface area contributed by atoms with Gasteiger partial charge in [-0.15, -0.1) is 0 Å². The normalized spacial score (nSPS) is 30.0. The first-order chi connectivity index (χ1) is 6.74. The standard InChI is InChI=1S/C10H18O.C2H4O2/c1-8(2)9-4-6-10(3,11)7-5-9;1-2(3)4/h9,11H,1,4-7H2,2-3H3;1H3,(H,3,4). The molecule has 0 aliphatic heterocycles. The van der Waals surface area contributed by atoms with Gasteiger partial charge in [0.2, 0.25) is 0 Å². The summed E-state index contributed by atoms with van der Waals surface area (Å²) in [5.74, 6) is -0.171. The number of aliphatic hydroxyl groups is 1. The van der Waals surface area contributed by atoms with Gasteiger partial charge >= 0.3 is 0 Å². The molecular weight excluding hydrogens is 192 g/mol. The molecule has 1 aliphatic rings. The molecule has 2 N–H and O–H groups in total. The summed E-state index contributed by atoms with van der Waals surface area (Å²) in [4.78, 5) is 9.00. The summed E-state index contributed by atoms with van der Waals surface area (Å²) < 4.78 is 0. The zero-order valence-electron chi connectivity index (χ0n) is 9.92. The van der Waals surface area contributed by atoms with Crippen molar-refractivity contribution in [3.05, 3.63) is 12.2 Å². The highest BCUT2D eigenvalue weighted by molar-refractivity contribution is 5.62. The Morgan fingerprint density at radius 3 is 1.93 bits per heavy atom. The second-order valence-corrected chi connectivity index (χ2v) is 4.64. The number of hydrogen-bond donors (Lipinski definition) is 2. The van der Waals surface area contributed by atoms with Crippen LogP contribution in [0.1, 0.15) is 46.5 Å². The molecule has 88 valence electrons. The van der Waals surface area contributed by atoms with Crippen LogP contribution in [0.4, 0.5) is 0 Å². The maximum Gasteiger partial charge on any atom is 0.300 e. The molecule has 1 aliphatic carbocycles. The molecule has 0 amide bonds. The molecule has 1 saturated carbocycles. The number of rotatable bonds is 1. The van der Waals surface area contributed by atoms with Crippen LogP contribution in [0.2, 0.25) is 0 Å². The van der Waals surface area contributed by atoms with Crippen molar-refractivity contribution in [1.82, 2.24) is 0 Å². The van der Waals surface area contributed by atoms with E-state index in [-0.39, 0.29) is 0 Å². The minimum atomic E-state index is -0.833. The molecule has 3 heteroatoms. The SMILES string of the molecule is C=C(C)C1CCC(C)(O)CC1.CC(=O)O. The second-order valence-electron chi connectivity index (χ2n) is 4.64. The molecule has 0 atom stereocenters. The van der Waals surface area contributed by atoms with E-state index in [4.69, 9.17) is 9.90 Å². The van der Waals surface area contributed by atoms with Gasteiger partial charge in [-0.25, -0.2) is 0 Å². The maximum absolute atomic E-state index is 9.64. The zero-order chi connectivity index (χ0) is 12.1. The Morgan fingerprint density at radius 1 is 1.33 bits per heavy atom. The van der Waals surface area contributed by atoms with Gasteiger partial charge in [-0.2, -0.15) is 0 Å². The molecule has 0 spiro atoms. The van der Waals surface area contributed by atoms with E-state index in [1.807, 2.05) is 6.92 Å². The Labute approximate surface area is 91.8 Å². The first-order valence-corrected chi connectivity index (χ1v) is 5.32. The van der Waals surface area contributed by atoms with Crippen molar-refractivity contribution in [3.63, 3.8) is 0 Å². The highest BCUT2D eigenvalue weighted by Gasteiger charge is 2.28. The quantitative estimate of drug-likeness (QED) is 0.660. The van der Waals surface area contributed by atoms with Crippen LogP contribution < -0.4 is 0 Å². The van der Waals surface area contributed by atoms with Gasteiger partial charge in [0, 0.05) is 6.92 Å². The maximum atomic E-state index is 9.64. The smallest absolute Gasteiger partial charge is 0.300 e. The molecular formula is C12H22O3. The molecule has 0 radical (unpaired) electrons. The van der Waals surface area contributed by atoms with Crippen molar-refractivity contribution in [2.45, 2.75) is 52.1 Å². The summed E-state index contributed by atoms with van der Waals surface area (Å²) in [6.07, 6.45) is 4.10. The fourth-order valence-electron chi connectivity index (χ4n) is 1.73. The van der Waals surface area contributed by atoms with Gasteiger partial charge in [0.25, 0.3) is 5.97 Å². The van der Waals surface area contributed by atoms with E-state index >= 15 is 0 Å².